The second-order valence-electron chi connectivity index (χ2n) is 5.01. The van der Waals surface area contributed by atoms with Crippen LogP contribution in [0.15, 0.2) is 18.2 Å². The van der Waals surface area contributed by atoms with Crippen LogP contribution in [-0.4, -0.2) is 24.5 Å². The van der Waals surface area contributed by atoms with Gasteiger partial charge in [-0.1, -0.05) is 32.0 Å². The molecule has 1 aliphatic heterocycles. The van der Waals surface area contributed by atoms with Crippen LogP contribution >= 0.6 is 0 Å². The Labute approximate surface area is 105 Å². The number of anilines is 1. The second kappa shape index (κ2) is 5.54. The van der Waals surface area contributed by atoms with Gasteiger partial charge in [0.25, 0.3) is 0 Å². The SMILES string of the molecule is CCC(CC)N(C)Cc1cccc2c1NCC2. The van der Waals surface area contributed by atoms with Gasteiger partial charge in [0.15, 0.2) is 0 Å². The highest BCUT2D eigenvalue weighted by Gasteiger charge is 2.16. The van der Waals surface area contributed by atoms with Crippen molar-refractivity contribution in [3.05, 3.63) is 29.3 Å². The zero-order valence-electron chi connectivity index (χ0n) is 11.3. The molecule has 2 rings (SSSR count). The molecule has 0 spiro atoms. The summed E-state index contributed by atoms with van der Waals surface area (Å²) in [5, 5.41) is 3.52. The average Bonchev–Trinajstić information content (AvgIpc) is 2.80. The summed E-state index contributed by atoms with van der Waals surface area (Å²) in [5.74, 6) is 0. The van der Waals surface area contributed by atoms with Gasteiger partial charge in [0.05, 0.1) is 0 Å². The number of nitrogens with one attached hydrogen (secondary N) is 1. The van der Waals surface area contributed by atoms with Crippen molar-refractivity contribution in [3.8, 4) is 0 Å². The lowest BCUT2D eigenvalue weighted by Gasteiger charge is -2.27. The quantitative estimate of drug-likeness (QED) is 0.838. The van der Waals surface area contributed by atoms with E-state index in [1.165, 1.54) is 36.1 Å². The van der Waals surface area contributed by atoms with Gasteiger partial charge in [0, 0.05) is 24.8 Å². The standard InChI is InChI=1S/C15H24N2/c1-4-14(5-2)17(3)11-13-8-6-7-12-9-10-16-15(12)13/h6-8,14,16H,4-5,9-11H2,1-3H3. The summed E-state index contributed by atoms with van der Waals surface area (Å²) in [7, 11) is 2.24. The highest BCUT2D eigenvalue weighted by molar-refractivity contribution is 5.61. The van der Waals surface area contributed by atoms with Crippen LogP contribution < -0.4 is 5.32 Å². The fraction of sp³-hybridized carbons (Fsp3) is 0.600. The molecule has 1 heterocycles. The van der Waals surface area contributed by atoms with Crippen LogP contribution in [0.2, 0.25) is 0 Å². The van der Waals surface area contributed by atoms with E-state index in [2.05, 4.69) is 49.3 Å². The zero-order valence-corrected chi connectivity index (χ0v) is 11.3. The molecule has 94 valence electrons. The monoisotopic (exact) mass is 232 g/mol. The third-order valence-corrected chi connectivity index (χ3v) is 3.92. The molecule has 0 atom stereocenters. The third-order valence-electron chi connectivity index (χ3n) is 3.92. The highest BCUT2D eigenvalue weighted by atomic mass is 15.1. The van der Waals surface area contributed by atoms with Crippen LogP contribution in [0.1, 0.15) is 37.8 Å². The molecule has 0 unspecified atom stereocenters. The van der Waals surface area contributed by atoms with Crippen LogP contribution in [0.5, 0.6) is 0 Å². The summed E-state index contributed by atoms with van der Waals surface area (Å²) in [6, 6.07) is 7.40. The van der Waals surface area contributed by atoms with Crippen LogP contribution in [0.25, 0.3) is 0 Å². The molecular weight excluding hydrogens is 208 g/mol. The Bertz CT molecular complexity index is 369. The summed E-state index contributed by atoms with van der Waals surface area (Å²) < 4.78 is 0. The molecule has 1 aliphatic rings. The summed E-state index contributed by atoms with van der Waals surface area (Å²) in [5.41, 5.74) is 4.33. The van der Waals surface area contributed by atoms with E-state index in [0.717, 1.165) is 13.1 Å². The van der Waals surface area contributed by atoms with E-state index in [4.69, 9.17) is 0 Å². The molecule has 0 bridgehead atoms. The maximum absolute atomic E-state index is 3.52. The Hall–Kier alpha value is -1.02. The van der Waals surface area contributed by atoms with Crippen molar-refractivity contribution in [1.29, 1.82) is 0 Å². The lowest BCUT2D eigenvalue weighted by atomic mass is 10.1. The predicted molar refractivity (Wildman–Crippen MR) is 74.5 cm³/mol. The van der Waals surface area contributed by atoms with Gasteiger partial charge in [-0.15, -0.1) is 0 Å². The number of fused-ring (bicyclic) bond motifs is 1. The number of rotatable bonds is 5. The maximum Gasteiger partial charge on any atom is 0.0419 e. The van der Waals surface area contributed by atoms with E-state index < -0.39 is 0 Å². The Kier molecular flexibility index (Phi) is 4.06. The molecule has 2 nitrogen and oxygen atoms in total. The number of hydrogen-bond donors (Lipinski definition) is 1. The van der Waals surface area contributed by atoms with E-state index in [-0.39, 0.29) is 0 Å². The van der Waals surface area contributed by atoms with Gasteiger partial charge in [-0.05, 0) is 37.4 Å². The Morgan fingerprint density at radius 3 is 2.76 bits per heavy atom. The molecular formula is C15H24N2. The summed E-state index contributed by atoms with van der Waals surface area (Å²) in [6.07, 6.45) is 3.64. The van der Waals surface area contributed by atoms with Gasteiger partial charge in [0.2, 0.25) is 0 Å². The molecule has 0 saturated heterocycles. The molecule has 0 saturated carbocycles. The van der Waals surface area contributed by atoms with E-state index in [1.54, 1.807) is 0 Å². The van der Waals surface area contributed by atoms with Crippen molar-refractivity contribution in [1.82, 2.24) is 4.90 Å². The summed E-state index contributed by atoms with van der Waals surface area (Å²) in [6.45, 7) is 6.71. The molecule has 1 aromatic rings. The van der Waals surface area contributed by atoms with Gasteiger partial charge >= 0.3 is 0 Å². The van der Waals surface area contributed by atoms with Gasteiger partial charge in [-0.3, -0.25) is 4.90 Å². The van der Waals surface area contributed by atoms with Crippen molar-refractivity contribution in [3.63, 3.8) is 0 Å². The maximum atomic E-state index is 3.52. The summed E-state index contributed by atoms with van der Waals surface area (Å²) in [4.78, 5) is 2.48. The van der Waals surface area contributed by atoms with Crippen molar-refractivity contribution in [2.24, 2.45) is 0 Å². The largest absolute Gasteiger partial charge is 0.384 e. The Morgan fingerprint density at radius 2 is 2.06 bits per heavy atom. The molecule has 1 N–H and O–H groups in total. The molecule has 2 heteroatoms. The molecule has 17 heavy (non-hydrogen) atoms. The lowest BCUT2D eigenvalue weighted by Crippen LogP contribution is -2.30. The van der Waals surface area contributed by atoms with Gasteiger partial charge < -0.3 is 5.32 Å². The van der Waals surface area contributed by atoms with E-state index in [9.17, 15) is 0 Å². The van der Waals surface area contributed by atoms with Gasteiger partial charge in [-0.2, -0.15) is 0 Å². The van der Waals surface area contributed by atoms with Gasteiger partial charge in [0.1, 0.15) is 0 Å². The predicted octanol–water partition coefficient (Wildman–Crippen LogP) is 3.28. The van der Waals surface area contributed by atoms with Crippen LogP contribution in [0.4, 0.5) is 5.69 Å². The van der Waals surface area contributed by atoms with Crippen LogP contribution in [0, 0.1) is 0 Å². The van der Waals surface area contributed by atoms with Crippen LogP contribution in [0.3, 0.4) is 0 Å². The van der Waals surface area contributed by atoms with E-state index in [0.29, 0.717) is 6.04 Å². The van der Waals surface area contributed by atoms with Crippen LogP contribution in [-0.2, 0) is 13.0 Å². The smallest absolute Gasteiger partial charge is 0.0419 e. The normalized spacial score (nSPS) is 14.2. The first-order valence-electron chi connectivity index (χ1n) is 6.81. The topological polar surface area (TPSA) is 15.3 Å². The fourth-order valence-corrected chi connectivity index (χ4v) is 2.85. The number of hydrogen-bond acceptors (Lipinski definition) is 2. The zero-order chi connectivity index (χ0) is 12.3. The molecule has 0 radical (unpaired) electrons. The third kappa shape index (κ3) is 2.63. The first kappa shape index (κ1) is 12.4. The molecule has 1 aromatic carbocycles. The lowest BCUT2D eigenvalue weighted by molar-refractivity contribution is 0.222. The molecule has 0 fully saturated rings. The second-order valence-corrected chi connectivity index (χ2v) is 5.01. The van der Waals surface area contributed by atoms with Crippen molar-refractivity contribution >= 4 is 5.69 Å². The minimum atomic E-state index is 0.701. The number of nitrogens with zero attached hydrogens (tertiary/aromatic N) is 1. The first-order chi connectivity index (χ1) is 8.26. The van der Waals surface area contributed by atoms with E-state index >= 15 is 0 Å². The number of benzene rings is 1. The molecule has 0 amide bonds. The minimum Gasteiger partial charge on any atom is -0.384 e. The Morgan fingerprint density at radius 1 is 1.29 bits per heavy atom. The number of para-hydroxylation sites is 1. The molecule has 0 aromatic heterocycles. The first-order valence-corrected chi connectivity index (χ1v) is 6.81. The Balaban J connectivity index is 2.11. The van der Waals surface area contributed by atoms with E-state index in [1.807, 2.05) is 0 Å². The van der Waals surface area contributed by atoms with Gasteiger partial charge in [-0.25, -0.2) is 0 Å². The summed E-state index contributed by atoms with van der Waals surface area (Å²) >= 11 is 0. The minimum absolute atomic E-state index is 0.701. The van der Waals surface area contributed by atoms with Crippen molar-refractivity contribution < 1.29 is 0 Å². The van der Waals surface area contributed by atoms with Crippen molar-refractivity contribution in [2.75, 3.05) is 18.9 Å². The fourth-order valence-electron chi connectivity index (χ4n) is 2.85. The average molecular weight is 232 g/mol. The van der Waals surface area contributed by atoms with Crippen molar-refractivity contribution in [2.45, 2.75) is 45.7 Å². The molecule has 0 aliphatic carbocycles. The highest BCUT2D eigenvalue weighted by Crippen LogP contribution is 2.27.